The van der Waals surface area contributed by atoms with Crippen molar-refractivity contribution < 1.29 is 0 Å². The molecule has 0 saturated heterocycles. The molecular formula is C13H12N4. The van der Waals surface area contributed by atoms with Gasteiger partial charge in [0.1, 0.15) is 23.9 Å². The molecule has 1 aromatic carbocycles. The van der Waals surface area contributed by atoms with Gasteiger partial charge < -0.3 is 4.90 Å². The first-order valence-electron chi connectivity index (χ1n) is 5.24. The average molecular weight is 224 g/mol. The molecule has 0 saturated carbocycles. The number of nitriles is 1. The summed E-state index contributed by atoms with van der Waals surface area (Å²) in [7, 11) is 1.92. The highest BCUT2D eigenvalue weighted by Gasteiger charge is 2.08. The van der Waals surface area contributed by atoms with E-state index in [1.807, 2.05) is 49.2 Å². The highest BCUT2D eigenvalue weighted by Crippen LogP contribution is 2.24. The van der Waals surface area contributed by atoms with E-state index in [1.165, 1.54) is 6.33 Å². The first-order valence-corrected chi connectivity index (χ1v) is 5.24. The van der Waals surface area contributed by atoms with Crippen LogP contribution in [0.4, 0.5) is 11.5 Å². The Morgan fingerprint density at radius 3 is 2.71 bits per heavy atom. The summed E-state index contributed by atoms with van der Waals surface area (Å²) in [5, 5.41) is 8.81. The van der Waals surface area contributed by atoms with Crippen LogP contribution in [0.15, 0.2) is 36.7 Å². The van der Waals surface area contributed by atoms with Crippen LogP contribution >= 0.6 is 0 Å². The third-order valence-electron chi connectivity index (χ3n) is 2.59. The molecule has 2 rings (SSSR count). The number of hydrogen-bond acceptors (Lipinski definition) is 4. The minimum atomic E-state index is 0.371. The fourth-order valence-corrected chi connectivity index (χ4v) is 1.65. The standard InChI is InChI=1S/C13H12N4/c1-10-5-3-4-6-12(10)17(2)13-7-11(8-14)15-9-16-13/h3-7,9H,1-2H3. The van der Waals surface area contributed by atoms with Crippen molar-refractivity contribution in [1.29, 1.82) is 5.26 Å². The van der Waals surface area contributed by atoms with Gasteiger partial charge in [-0.1, -0.05) is 18.2 Å². The maximum atomic E-state index is 8.81. The minimum Gasteiger partial charge on any atom is -0.329 e. The molecule has 0 spiro atoms. The van der Waals surface area contributed by atoms with E-state index >= 15 is 0 Å². The van der Waals surface area contributed by atoms with Crippen LogP contribution < -0.4 is 4.90 Å². The van der Waals surface area contributed by atoms with E-state index in [0.29, 0.717) is 11.5 Å². The Morgan fingerprint density at radius 2 is 2.00 bits per heavy atom. The molecular weight excluding hydrogens is 212 g/mol. The lowest BCUT2D eigenvalue weighted by molar-refractivity contribution is 1.06. The van der Waals surface area contributed by atoms with Crippen molar-refractivity contribution in [3.05, 3.63) is 47.9 Å². The number of anilines is 2. The topological polar surface area (TPSA) is 52.8 Å². The predicted octanol–water partition coefficient (Wildman–Crippen LogP) is 2.42. The second-order valence-corrected chi connectivity index (χ2v) is 3.72. The number of nitrogens with zero attached hydrogens (tertiary/aromatic N) is 4. The molecule has 0 atom stereocenters. The fraction of sp³-hybridized carbons (Fsp3) is 0.154. The van der Waals surface area contributed by atoms with Crippen LogP contribution in [0.2, 0.25) is 0 Å². The number of hydrogen-bond donors (Lipinski definition) is 0. The Labute approximate surface area is 100 Å². The van der Waals surface area contributed by atoms with E-state index in [9.17, 15) is 0 Å². The molecule has 0 radical (unpaired) electrons. The van der Waals surface area contributed by atoms with Crippen LogP contribution in [0.5, 0.6) is 0 Å². The van der Waals surface area contributed by atoms with E-state index in [1.54, 1.807) is 6.07 Å². The van der Waals surface area contributed by atoms with Gasteiger partial charge >= 0.3 is 0 Å². The largest absolute Gasteiger partial charge is 0.329 e. The summed E-state index contributed by atoms with van der Waals surface area (Å²) in [5.41, 5.74) is 2.60. The molecule has 1 aromatic heterocycles. The third-order valence-corrected chi connectivity index (χ3v) is 2.59. The molecule has 0 aliphatic heterocycles. The molecule has 0 aliphatic rings. The summed E-state index contributed by atoms with van der Waals surface area (Å²) in [6, 6.07) is 11.7. The van der Waals surface area contributed by atoms with Crippen molar-refractivity contribution in [3.63, 3.8) is 0 Å². The summed E-state index contributed by atoms with van der Waals surface area (Å²) < 4.78 is 0. The van der Waals surface area contributed by atoms with Crippen molar-refractivity contribution >= 4 is 11.5 Å². The summed E-state index contributed by atoms with van der Waals surface area (Å²) in [5.74, 6) is 0.714. The summed E-state index contributed by atoms with van der Waals surface area (Å²) in [4.78, 5) is 9.97. The van der Waals surface area contributed by atoms with Crippen molar-refractivity contribution in [3.8, 4) is 6.07 Å². The van der Waals surface area contributed by atoms with Gasteiger partial charge in [-0.25, -0.2) is 9.97 Å². The lowest BCUT2D eigenvalue weighted by Gasteiger charge is -2.20. The monoisotopic (exact) mass is 224 g/mol. The molecule has 0 unspecified atom stereocenters. The lowest BCUT2D eigenvalue weighted by Crippen LogP contribution is -2.12. The van der Waals surface area contributed by atoms with Gasteiger partial charge in [0.15, 0.2) is 0 Å². The smallest absolute Gasteiger partial charge is 0.145 e. The van der Waals surface area contributed by atoms with E-state index in [4.69, 9.17) is 5.26 Å². The SMILES string of the molecule is Cc1ccccc1N(C)c1cc(C#N)ncn1. The molecule has 0 aliphatic carbocycles. The van der Waals surface area contributed by atoms with E-state index in [2.05, 4.69) is 9.97 Å². The van der Waals surface area contributed by atoms with E-state index in [0.717, 1.165) is 11.3 Å². The van der Waals surface area contributed by atoms with Gasteiger partial charge in [-0.2, -0.15) is 5.26 Å². The molecule has 17 heavy (non-hydrogen) atoms. The van der Waals surface area contributed by atoms with Gasteiger partial charge in [0.2, 0.25) is 0 Å². The molecule has 0 N–H and O–H groups in total. The Balaban J connectivity index is 2.41. The lowest BCUT2D eigenvalue weighted by atomic mass is 10.2. The predicted molar refractivity (Wildman–Crippen MR) is 66.0 cm³/mol. The van der Waals surface area contributed by atoms with Crippen LogP contribution in [-0.4, -0.2) is 17.0 Å². The number of aromatic nitrogens is 2. The normalized spacial score (nSPS) is 9.71. The highest BCUT2D eigenvalue weighted by atomic mass is 15.2. The number of para-hydroxylation sites is 1. The van der Waals surface area contributed by atoms with Gasteiger partial charge in [0, 0.05) is 18.8 Å². The summed E-state index contributed by atoms with van der Waals surface area (Å²) in [6.45, 7) is 2.04. The molecule has 0 amide bonds. The number of benzene rings is 1. The highest BCUT2D eigenvalue weighted by molar-refractivity contribution is 5.63. The first kappa shape index (κ1) is 11.1. The first-order chi connectivity index (χ1) is 8.22. The molecule has 4 heteroatoms. The van der Waals surface area contributed by atoms with Gasteiger partial charge in [-0.3, -0.25) is 0 Å². The van der Waals surface area contributed by atoms with Crippen molar-refractivity contribution in [2.24, 2.45) is 0 Å². The maximum absolute atomic E-state index is 8.81. The summed E-state index contributed by atoms with van der Waals surface area (Å²) >= 11 is 0. The van der Waals surface area contributed by atoms with Gasteiger partial charge in [-0.15, -0.1) is 0 Å². The van der Waals surface area contributed by atoms with Gasteiger partial charge in [0.25, 0.3) is 0 Å². The zero-order valence-electron chi connectivity index (χ0n) is 9.75. The Hall–Kier alpha value is -2.41. The van der Waals surface area contributed by atoms with Crippen LogP contribution in [0.1, 0.15) is 11.3 Å². The van der Waals surface area contributed by atoms with Crippen LogP contribution in [-0.2, 0) is 0 Å². The zero-order valence-corrected chi connectivity index (χ0v) is 9.75. The number of aryl methyl sites for hydroxylation is 1. The molecule has 84 valence electrons. The molecule has 4 nitrogen and oxygen atoms in total. The quantitative estimate of drug-likeness (QED) is 0.786. The molecule has 2 aromatic rings. The second kappa shape index (κ2) is 4.62. The molecule has 0 fully saturated rings. The average Bonchev–Trinajstić information content (AvgIpc) is 2.38. The second-order valence-electron chi connectivity index (χ2n) is 3.72. The van der Waals surface area contributed by atoms with Gasteiger partial charge in [0.05, 0.1) is 0 Å². The van der Waals surface area contributed by atoms with E-state index < -0.39 is 0 Å². The van der Waals surface area contributed by atoms with Crippen molar-refractivity contribution in [1.82, 2.24) is 9.97 Å². The van der Waals surface area contributed by atoms with Gasteiger partial charge in [-0.05, 0) is 18.6 Å². The van der Waals surface area contributed by atoms with Crippen LogP contribution in [0.3, 0.4) is 0 Å². The maximum Gasteiger partial charge on any atom is 0.145 e. The van der Waals surface area contributed by atoms with Crippen molar-refractivity contribution in [2.45, 2.75) is 6.92 Å². The Bertz CT molecular complexity index is 572. The van der Waals surface area contributed by atoms with Crippen molar-refractivity contribution in [2.75, 3.05) is 11.9 Å². The zero-order chi connectivity index (χ0) is 12.3. The van der Waals surface area contributed by atoms with E-state index in [-0.39, 0.29) is 0 Å². The number of rotatable bonds is 2. The van der Waals surface area contributed by atoms with Crippen LogP contribution in [0.25, 0.3) is 0 Å². The molecule has 1 heterocycles. The Kier molecular flexibility index (Phi) is 3.01. The molecule has 0 bridgehead atoms. The third kappa shape index (κ3) is 2.23. The Morgan fingerprint density at radius 1 is 1.24 bits per heavy atom. The minimum absolute atomic E-state index is 0.371. The van der Waals surface area contributed by atoms with Crippen LogP contribution in [0, 0.1) is 18.3 Å². The fourth-order valence-electron chi connectivity index (χ4n) is 1.65. The summed E-state index contributed by atoms with van der Waals surface area (Å²) in [6.07, 6.45) is 1.41.